The molecule has 0 bridgehead atoms. The molecule has 0 aromatic heterocycles. The van der Waals surface area contributed by atoms with Crippen molar-refractivity contribution in [3.05, 3.63) is 449 Å². The van der Waals surface area contributed by atoms with Gasteiger partial charge in [0.25, 0.3) is 0 Å². The van der Waals surface area contributed by atoms with E-state index in [1.54, 1.807) is 12.2 Å². The van der Waals surface area contributed by atoms with E-state index in [9.17, 15) is 19.2 Å². The maximum Gasteiger partial charge on any atom is 0.330 e. The number of ether oxygens (including phenoxy) is 6. The summed E-state index contributed by atoms with van der Waals surface area (Å²) in [6.07, 6.45) is 14.3. The predicted octanol–water partition coefficient (Wildman–Crippen LogP) is 27.0. The summed E-state index contributed by atoms with van der Waals surface area (Å²) in [7, 11) is 0. The number of esters is 4. The van der Waals surface area contributed by atoms with Crippen LogP contribution >= 0.6 is 0 Å². The first kappa shape index (κ1) is 92.9. The smallest absolute Gasteiger partial charge is 0.330 e. The van der Waals surface area contributed by atoms with Crippen LogP contribution < -0.4 is 24.2 Å². The van der Waals surface area contributed by atoms with Crippen molar-refractivity contribution < 1.29 is 47.6 Å². The van der Waals surface area contributed by atoms with Gasteiger partial charge < -0.3 is 43.1 Å². The van der Waals surface area contributed by atoms with Crippen molar-refractivity contribution in [2.45, 2.75) is 106 Å². The molecule has 644 valence electrons. The van der Waals surface area contributed by atoms with Gasteiger partial charge in [-0.05, 0) is 288 Å². The molecule has 13 aromatic carbocycles. The standard InChI is InChI=1S/C44H43NO4.C40H39NO2.C30H31NO4/c1-5-34-8-12-38(13-9-34)30-48-43(46)27-20-36-16-23-40(24-17-36)45(42-22-7-32(3)33(4)29-42)41-25-18-37(19-26-41)21-28-44(47)49-31-39-14-10-35(6-2)11-15-39;1-5-32-12-21-39(22-13-32)42-27-25-34-8-17-36(18-9-34)41(38-16-7-30(3)31(4)29-38)37-19-10-35(11-20-37)26-28-43-40-23-14-33(6-2)15-24-40;1-5-29(32)34-19-17-24-8-13-26(14-9-24)31(28-12-7-22(3)23(4)21-28)27-15-10-25(11-16-27)18-20-35-30(33)6-2/h5-19,22-26,29H,1-2,20-21,27-28,30-31H2,3-4H3;5-24,29H,1-2,25-28H2,3-4H3;5-16,21H,1-2,17-20H2,3-4H3. The highest BCUT2D eigenvalue weighted by atomic mass is 16.5. The van der Waals surface area contributed by atoms with E-state index in [2.05, 4.69) is 272 Å². The summed E-state index contributed by atoms with van der Waals surface area (Å²) in [5.41, 5.74) is 29.9. The lowest BCUT2D eigenvalue weighted by molar-refractivity contribution is -0.145. The lowest BCUT2D eigenvalue weighted by Crippen LogP contribution is -2.11. The van der Waals surface area contributed by atoms with Crippen LogP contribution in [0, 0.1) is 41.5 Å². The molecule has 0 spiro atoms. The molecule has 0 radical (unpaired) electrons. The number of aryl methyl sites for hydroxylation is 8. The fraction of sp³-hybridized carbons (Fsp3) is 0.175. The largest absolute Gasteiger partial charge is 0.493 e. The number of hydrogen-bond acceptors (Lipinski definition) is 13. The Balaban J connectivity index is 0.000000187. The molecule has 127 heavy (non-hydrogen) atoms. The van der Waals surface area contributed by atoms with E-state index in [4.69, 9.17) is 28.4 Å². The monoisotopic (exact) mass is 1680 g/mol. The molecule has 13 nitrogen and oxygen atoms in total. The normalized spacial score (nSPS) is 10.6. The first-order valence-electron chi connectivity index (χ1n) is 42.9. The van der Waals surface area contributed by atoms with Gasteiger partial charge in [-0.15, -0.1) is 0 Å². The lowest BCUT2D eigenvalue weighted by atomic mass is 10.0. The topological polar surface area (TPSA) is 133 Å². The third-order valence-corrected chi connectivity index (χ3v) is 22.0. The summed E-state index contributed by atoms with van der Waals surface area (Å²) in [5.74, 6) is 0.483. The van der Waals surface area contributed by atoms with E-state index in [0.29, 0.717) is 65.0 Å². The molecule has 0 saturated carbocycles. The number of carbonyl (C=O) groups is 4. The highest BCUT2D eigenvalue weighted by Crippen LogP contribution is 2.40. The SMILES string of the molecule is C=CC(=O)OCCc1ccc(N(c2ccc(CCOC(=O)C=C)cc2)c2ccc(C)c(C)c2)cc1.C=Cc1ccc(COC(=O)CCc2ccc(N(c3ccc(CCC(=O)OCc4ccc(C=C)cc4)cc3)c3ccc(C)c(C)c3)cc2)cc1.C=Cc1ccc(OCCc2ccc(N(c3ccc(CCOc4ccc(C=C)cc4)cc3)c3ccc(C)c(C)c3)cc2)cc1. The van der Waals surface area contributed by atoms with E-state index >= 15 is 0 Å². The van der Waals surface area contributed by atoms with Crippen molar-refractivity contribution in [3.63, 3.8) is 0 Å². The van der Waals surface area contributed by atoms with Crippen molar-refractivity contribution in [1.82, 2.24) is 0 Å². The van der Waals surface area contributed by atoms with E-state index in [1.807, 2.05) is 133 Å². The molecule has 0 aliphatic carbocycles. The van der Waals surface area contributed by atoms with Gasteiger partial charge in [-0.25, -0.2) is 9.59 Å². The minimum absolute atomic E-state index is 0.222. The third-order valence-electron chi connectivity index (χ3n) is 22.0. The van der Waals surface area contributed by atoms with Gasteiger partial charge in [-0.1, -0.05) is 228 Å². The van der Waals surface area contributed by atoms with Crippen LogP contribution in [0.1, 0.15) is 113 Å². The van der Waals surface area contributed by atoms with E-state index in [1.165, 1.54) is 56.7 Å². The third kappa shape index (κ3) is 28.4. The average molecular weight is 1690 g/mol. The van der Waals surface area contributed by atoms with Crippen molar-refractivity contribution in [2.24, 2.45) is 0 Å². The van der Waals surface area contributed by atoms with Crippen molar-refractivity contribution in [1.29, 1.82) is 0 Å². The van der Waals surface area contributed by atoms with Crippen LogP contribution in [0.25, 0.3) is 24.3 Å². The van der Waals surface area contributed by atoms with Crippen LogP contribution in [0.15, 0.2) is 349 Å². The molecule has 0 unspecified atom stereocenters. The molecule has 0 fully saturated rings. The van der Waals surface area contributed by atoms with Gasteiger partial charge in [0.1, 0.15) is 24.7 Å². The fourth-order valence-electron chi connectivity index (χ4n) is 13.9. The Hall–Kier alpha value is -14.8. The minimum atomic E-state index is -0.412. The summed E-state index contributed by atoms with van der Waals surface area (Å²) in [4.78, 5) is 54.2. The van der Waals surface area contributed by atoms with Crippen LogP contribution in [-0.4, -0.2) is 50.3 Å². The summed E-state index contributed by atoms with van der Waals surface area (Å²) in [6, 6.07) is 102. The number of anilines is 9. The van der Waals surface area contributed by atoms with Crippen molar-refractivity contribution in [2.75, 3.05) is 41.1 Å². The zero-order chi connectivity index (χ0) is 89.8. The van der Waals surface area contributed by atoms with E-state index in [-0.39, 0.29) is 25.2 Å². The van der Waals surface area contributed by atoms with Gasteiger partial charge in [-0.3, -0.25) is 9.59 Å². The minimum Gasteiger partial charge on any atom is -0.493 e. The maximum absolute atomic E-state index is 12.5. The van der Waals surface area contributed by atoms with Crippen LogP contribution in [0.2, 0.25) is 0 Å². The van der Waals surface area contributed by atoms with Gasteiger partial charge in [0.2, 0.25) is 0 Å². The van der Waals surface area contributed by atoms with Gasteiger partial charge >= 0.3 is 23.9 Å². The summed E-state index contributed by atoms with van der Waals surface area (Å²) >= 11 is 0. The molecule has 0 heterocycles. The molecule has 0 aliphatic rings. The molecule has 0 aliphatic heterocycles. The summed E-state index contributed by atoms with van der Waals surface area (Å²) in [5, 5.41) is 0. The molecule has 13 aromatic rings. The van der Waals surface area contributed by atoms with Crippen molar-refractivity contribution >= 4 is 99.4 Å². The highest BCUT2D eigenvalue weighted by molar-refractivity contribution is 5.83. The van der Waals surface area contributed by atoms with Crippen molar-refractivity contribution in [3.8, 4) is 11.5 Å². The molecule has 13 heteroatoms. The Morgan fingerprint density at radius 3 is 0.701 bits per heavy atom. The quantitative estimate of drug-likeness (QED) is 0.0206. The Morgan fingerprint density at radius 2 is 0.465 bits per heavy atom. The Bertz CT molecular complexity index is 5540. The van der Waals surface area contributed by atoms with Gasteiger partial charge in [0, 0.05) is 102 Å². The van der Waals surface area contributed by atoms with E-state index in [0.717, 1.165) is 131 Å². The molecular formula is C114H113N3O10. The highest BCUT2D eigenvalue weighted by Gasteiger charge is 2.19. The van der Waals surface area contributed by atoms with Gasteiger partial charge in [0.15, 0.2) is 0 Å². The first-order chi connectivity index (χ1) is 61.7. The molecular weight excluding hydrogens is 1570 g/mol. The second-order valence-corrected chi connectivity index (χ2v) is 31.0. The molecule has 13 rings (SSSR count). The molecule has 0 amide bonds. The number of nitrogens with zero attached hydrogens (tertiary/aromatic N) is 3. The predicted molar refractivity (Wildman–Crippen MR) is 522 cm³/mol. The number of rotatable bonds is 39. The van der Waals surface area contributed by atoms with Gasteiger partial charge in [-0.2, -0.15) is 0 Å². The second-order valence-electron chi connectivity index (χ2n) is 31.0. The zero-order valence-corrected chi connectivity index (χ0v) is 73.8. The molecule has 0 atom stereocenters. The van der Waals surface area contributed by atoms with Crippen LogP contribution in [0.5, 0.6) is 11.5 Å². The summed E-state index contributed by atoms with van der Waals surface area (Å²) in [6.45, 7) is 37.1. The van der Waals surface area contributed by atoms with Crippen LogP contribution in [0.4, 0.5) is 51.2 Å². The van der Waals surface area contributed by atoms with Crippen LogP contribution in [0.3, 0.4) is 0 Å². The Labute approximate surface area is 750 Å². The fourth-order valence-corrected chi connectivity index (χ4v) is 13.9. The van der Waals surface area contributed by atoms with Gasteiger partial charge in [0.05, 0.1) is 26.4 Å². The van der Waals surface area contributed by atoms with Crippen LogP contribution in [-0.2, 0) is 89.9 Å². The lowest BCUT2D eigenvalue weighted by Gasteiger charge is -2.26. The Morgan fingerprint density at radius 1 is 0.244 bits per heavy atom. The first-order valence-corrected chi connectivity index (χ1v) is 42.9. The second kappa shape index (κ2) is 47.7. The number of carbonyl (C=O) groups excluding carboxylic acids is 4. The van der Waals surface area contributed by atoms with E-state index < -0.39 is 11.9 Å². The summed E-state index contributed by atoms with van der Waals surface area (Å²) < 4.78 is 33.1. The molecule has 0 N–H and O–H groups in total. The number of hydrogen-bond donors (Lipinski definition) is 0. The average Bonchev–Trinajstić information content (AvgIpc) is 0.807. The zero-order valence-electron chi connectivity index (χ0n) is 73.8. The number of benzene rings is 13. The molecule has 0 saturated heterocycles. The Kier molecular flexibility index (Phi) is 34.9. The maximum atomic E-state index is 12.5.